The Kier molecular flexibility index (Phi) is 8.51. The van der Waals surface area contributed by atoms with Crippen LogP contribution < -0.4 is 15.4 Å². The van der Waals surface area contributed by atoms with Crippen molar-refractivity contribution >= 4 is 28.3 Å². The number of ether oxygens (including phenoxy) is 2. The minimum atomic E-state index is -0.155. The van der Waals surface area contributed by atoms with Crippen LogP contribution in [0.15, 0.2) is 54.6 Å². The Hall–Kier alpha value is -3.49. The molecule has 1 saturated carbocycles. The summed E-state index contributed by atoms with van der Waals surface area (Å²) in [5, 5.41) is 7.44. The van der Waals surface area contributed by atoms with E-state index in [1.165, 1.54) is 0 Å². The van der Waals surface area contributed by atoms with E-state index in [0.29, 0.717) is 30.9 Å². The number of hydrogen-bond donors (Lipinski definition) is 2. The number of methoxy groups -OCH3 is 2. The Balaban J connectivity index is 1.61. The van der Waals surface area contributed by atoms with E-state index >= 15 is 0 Å². The summed E-state index contributed by atoms with van der Waals surface area (Å²) >= 11 is 0. The maximum atomic E-state index is 12.8. The minimum Gasteiger partial charge on any atom is -0.467 e. The molecule has 4 rings (SSSR count). The van der Waals surface area contributed by atoms with E-state index in [-0.39, 0.29) is 11.9 Å². The standard InChI is InChI=1S/C28H35N5O3/c1-19(20-9-6-5-7-10-20)29-27-23-18-24(30-26(34)11-8-14-33(2)15-16-35-3)22(21-12-13-21)17-25(23)31-28(32-27)36-4/h5-11,17-19,21H,12-16H2,1-4H3,(H,30,34)(H,29,31,32). The topological polar surface area (TPSA) is 88.6 Å². The van der Waals surface area contributed by atoms with Crippen LogP contribution in [-0.4, -0.2) is 61.7 Å². The summed E-state index contributed by atoms with van der Waals surface area (Å²) in [4.78, 5) is 24.1. The Morgan fingerprint density at radius 1 is 1.19 bits per heavy atom. The number of benzene rings is 2. The Labute approximate surface area is 212 Å². The molecule has 2 aromatic carbocycles. The number of carbonyl (C=O) groups excluding carboxylic acids is 1. The van der Waals surface area contributed by atoms with Gasteiger partial charge in [0, 0.05) is 43.4 Å². The summed E-state index contributed by atoms with van der Waals surface area (Å²) in [5.74, 6) is 0.939. The first-order valence-corrected chi connectivity index (χ1v) is 12.3. The van der Waals surface area contributed by atoms with Gasteiger partial charge in [-0.05, 0) is 56.0 Å². The second kappa shape index (κ2) is 12.0. The summed E-state index contributed by atoms with van der Waals surface area (Å²) in [6.07, 6.45) is 5.66. The first-order valence-electron chi connectivity index (χ1n) is 12.3. The summed E-state index contributed by atoms with van der Waals surface area (Å²) in [5.41, 5.74) is 3.84. The first-order chi connectivity index (χ1) is 17.5. The molecule has 0 radical (unpaired) electrons. The van der Waals surface area contributed by atoms with E-state index in [2.05, 4.69) is 50.6 Å². The molecule has 1 heterocycles. The predicted molar refractivity (Wildman–Crippen MR) is 144 cm³/mol. The number of hydrogen-bond acceptors (Lipinski definition) is 7. The number of likely N-dealkylation sites (N-methyl/N-ethyl adjacent to an activating group) is 1. The lowest BCUT2D eigenvalue weighted by molar-refractivity contribution is -0.111. The Morgan fingerprint density at radius 2 is 1.97 bits per heavy atom. The van der Waals surface area contributed by atoms with E-state index in [9.17, 15) is 4.79 Å². The predicted octanol–water partition coefficient (Wildman–Crippen LogP) is 4.76. The maximum absolute atomic E-state index is 12.8. The number of carbonyl (C=O) groups is 1. The summed E-state index contributed by atoms with van der Waals surface area (Å²) in [7, 11) is 5.25. The van der Waals surface area contributed by atoms with Gasteiger partial charge < -0.3 is 25.0 Å². The number of nitrogens with zero attached hydrogens (tertiary/aromatic N) is 3. The fourth-order valence-corrected chi connectivity index (χ4v) is 4.09. The average Bonchev–Trinajstić information content (AvgIpc) is 3.73. The lowest BCUT2D eigenvalue weighted by Crippen LogP contribution is -2.23. The zero-order valence-corrected chi connectivity index (χ0v) is 21.5. The lowest BCUT2D eigenvalue weighted by atomic mass is 10.0. The molecule has 0 saturated heterocycles. The van der Waals surface area contributed by atoms with Crippen LogP contribution in [0.5, 0.6) is 6.01 Å². The number of rotatable bonds is 12. The molecule has 1 fully saturated rings. The second-order valence-corrected chi connectivity index (χ2v) is 9.21. The highest BCUT2D eigenvalue weighted by Crippen LogP contribution is 2.45. The molecule has 0 aliphatic heterocycles. The third-order valence-electron chi connectivity index (χ3n) is 6.32. The molecule has 3 aromatic rings. The smallest absolute Gasteiger partial charge is 0.318 e. The fraction of sp³-hybridized carbons (Fsp3) is 0.393. The number of nitrogens with one attached hydrogen (secondary N) is 2. The molecule has 0 bridgehead atoms. The van der Waals surface area contributed by atoms with Gasteiger partial charge in [-0.1, -0.05) is 36.4 Å². The molecular formula is C28H35N5O3. The van der Waals surface area contributed by atoms with Gasteiger partial charge in [-0.3, -0.25) is 4.79 Å². The van der Waals surface area contributed by atoms with Crippen molar-refractivity contribution < 1.29 is 14.3 Å². The monoisotopic (exact) mass is 489 g/mol. The zero-order valence-electron chi connectivity index (χ0n) is 21.5. The molecule has 1 atom stereocenters. The quantitative estimate of drug-likeness (QED) is 0.355. The number of fused-ring (bicyclic) bond motifs is 1. The molecule has 2 N–H and O–H groups in total. The van der Waals surface area contributed by atoms with Gasteiger partial charge >= 0.3 is 6.01 Å². The molecule has 36 heavy (non-hydrogen) atoms. The van der Waals surface area contributed by atoms with Crippen LogP contribution >= 0.6 is 0 Å². The summed E-state index contributed by atoms with van der Waals surface area (Å²) < 4.78 is 10.5. The minimum absolute atomic E-state index is 0.0215. The van der Waals surface area contributed by atoms with E-state index in [0.717, 1.165) is 47.1 Å². The Morgan fingerprint density at radius 3 is 2.67 bits per heavy atom. The van der Waals surface area contributed by atoms with Crippen LogP contribution in [0.1, 0.15) is 42.9 Å². The molecule has 1 amide bonds. The van der Waals surface area contributed by atoms with Gasteiger partial charge in [-0.2, -0.15) is 9.97 Å². The van der Waals surface area contributed by atoms with Gasteiger partial charge in [0.1, 0.15) is 5.82 Å². The van der Waals surface area contributed by atoms with Crippen molar-refractivity contribution in [1.29, 1.82) is 0 Å². The van der Waals surface area contributed by atoms with Crippen LogP contribution in [0.2, 0.25) is 0 Å². The number of amides is 1. The number of anilines is 2. The molecule has 1 aliphatic rings. The SMILES string of the molecule is COCCN(C)CC=CC(=O)Nc1cc2c(NC(C)c3ccccc3)nc(OC)nc2cc1C1CC1. The Bertz CT molecular complexity index is 1210. The van der Waals surface area contributed by atoms with Crippen molar-refractivity contribution in [2.24, 2.45) is 0 Å². The van der Waals surface area contributed by atoms with E-state index in [1.54, 1.807) is 20.3 Å². The van der Waals surface area contributed by atoms with Crippen molar-refractivity contribution in [3.63, 3.8) is 0 Å². The zero-order chi connectivity index (χ0) is 25.5. The third-order valence-corrected chi connectivity index (χ3v) is 6.32. The van der Waals surface area contributed by atoms with Crippen molar-refractivity contribution in [2.75, 3.05) is 51.6 Å². The average molecular weight is 490 g/mol. The number of aromatic nitrogens is 2. The van der Waals surface area contributed by atoms with Crippen molar-refractivity contribution in [2.45, 2.75) is 31.7 Å². The van der Waals surface area contributed by atoms with Crippen LogP contribution in [0.4, 0.5) is 11.5 Å². The second-order valence-electron chi connectivity index (χ2n) is 9.21. The molecule has 190 valence electrons. The van der Waals surface area contributed by atoms with Gasteiger partial charge in [0.05, 0.1) is 19.2 Å². The van der Waals surface area contributed by atoms with Gasteiger partial charge in [-0.25, -0.2) is 0 Å². The molecule has 1 aliphatic carbocycles. The van der Waals surface area contributed by atoms with Gasteiger partial charge in [0.25, 0.3) is 0 Å². The summed E-state index contributed by atoms with van der Waals surface area (Å²) in [6.45, 7) is 4.22. The molecule has 8 heteroatoms. The highest BCUT2D eigenvalue weighted by atomic mass is 16.5. The van der Waals surface area contributed by atoms with Crippen LogP contribution in [0.25, 0.3) is 10.9 Å². The molecule has 1 aromatic heterocycles. The molecule has 0 spiro atoms. The first kappa shape index (κ1) is 25.6. The molecule has 8 nitrogen and oxygen atoms in total. The van der Waals surface area contributed by atoms with E-state index < -0.39 is 0 Å². The van der Waals surface area contributed by atoms with Gasteiger partial charge in [0.2, 0.25) is 5.91 Å². The molecule has 1 unspecified atom stereocenters. The van der Waals surface area contributed by atoms with Crippen LogP contribution in [0, 0.1) is 0 Å². The normalized spacial score (nSPS) is 14.4. The van der Waals surface area contributed by atoms with Crippen molar-refractivity contribution in [3.8, 4) is 6.01 Å². The third kappa shape index (κ3) is 6.59. The van der Waals surface area contributed by atoms with Gasteiger partial charge in [0.15, 0.2) is 0 Å². The van der Waals surface area contributed by atoms with Crippen molar-refractivity contribution in [1.82, 2.24) is 14.9 Å². The lowest BCUT2D eigenvalue weighted by Gasteiger charge is -2.18. The highest BCUT2D eigenvalue weighted by Gasteiger charge is 2.28. The molecular weight excluding hydrogens is 454 g/mol. The van der Waals surface area contributed by atoms with Crippen LogP contribution in [-0.2, 0) is 9.53 Å². The van der Waals surface area contributed by atoms with E-state index in [4.69, 9.17) is 9.47 Å². The largest absolute Gasteiger partial charge is 0.467 e. The van der Waals surface area contributed by atoms with Crippen molar-refractivity contribution in [3.05, 3.63) is 65.7 Å². The van der Waals surface area contributed by atoms with Crippen LogP contribution in [0.3, 0.4) is 0 Å². The summed E-state index contributed by atoms with van der Waals surface area (Å²) in [6, 6.07) is 14.6. The fourth-order valence-electron chi connectivity index (χ4n) is 4.09. The highest BCUT2D eigenvalue weighted by molar-refractivity contribution is 6.03. The maximum Gasteiger partial charge on any atom is 0.318 e. The van der Waals surface area contributed by atoms with E-state index in [1.807, 2.05) is 37.4 Å². The van der Waals surface area contributed by atoms with Gasteiger partial charge in [-0.15, -0.1) is 0 Å².